The lowest BCUT2D eigenvalue weighted by Gasteiger charge is -2.12. The summed E-state index contributed by atoms with van der Waals surface area (Å²) in [5.74, 6) is -0.437. The minimum absolute atomic E-state index is 0.0857. The van der Waals surface area contributed by atoms with Gasteiger partial charge in [-0.1, -0.05) is 13.0 Å². The number of ketones is 1. The van der Waals surface area contributed by atoms with Crippen molar-refractivity contribution in [2.45, 2.75) is 33.4 Å². The van der Waals surface area contributed by atoms with Crippen molar-refractivity contribution in [1.29, 1.82) is 0 Å². The summed E-state index contributed by atoms with van der Waals surface area (Å²) in [7, 11) is 1.32. The normalized spacial score (nSPS) is 14.2. The summed E-state index contributed by atoms with van der Waals surface area (Å²) in [6.07, 6.45) is 2.08. The second-order valence-corrected chi connectivity index (χ2v) is 6.55. The molecule has 0 saturated heterocycles. The molecule has 1 aromatic carbocycles. The Bertz CT molecular complexity index is 1130. The van der Waals surface area contributed by atoms with Crippen molar-refractivity contribution >= 4 is 17.7 Å². The van der Waals surface area contributed by atoms with Crippen LogP contribution in [0.5, 0.6) is 11.5 Å². The van der Waals surface area contributed by atoms with Gasteiger partial charge in [0.2, 0.25) is 5.78 Å². The third-order valence-electron chi connectivity index (χ3n) is 4.51. The smallest absolute Gasteiger partial charge is 0.387 e. The first-order valence-electron chi connectivity index (χ1n) is 9.37. The van der Waals surface area contributed by atoms with E-state index in [-0.39, 0.29) is 35.2 Å². The van der Waals surface area contributed by atoms with Crippen LogP contribution in [-0.4, -0.2) is 28.1 Å². The zero-order valence-electron chi connectivity index (χ0n) is 16.7. The molecule has 0 aliphatic carbocycles. The van der Waals surface area contributed by atoms with E-state index in [0.29, 0.717) is 18.5 Å². The third kappa shape index (κ3) is 3.85. The molecule has 0 fully saturated rings. The Balaban J connectivity index is 2.05. The number of benzene rings is 1. The van der Waals surface area contributed by atoms with E-state index in [9.17, 15) is 23.2 Å². The molecule has 0 spiro atoms. The highest BCUT2D eigenvalue weighted by Gasteiger charge is 2.32. The van der Waals surface area contributed by atoms with Gasteiger partial charge in [0.25, 0.3) is 5.56 Å². The average molecular weight is 421 g/mol. The van der Waals surface area contributed by atoms with Gasteiger partial charge in [-0.3, -0.25) is 18.7 Å². The van der Waals surface area contributed by atoms with E-state index in [4.69, 9.17) is 4.74 Å². The van der Waals surface area contributed by atoms with Gasteiger partial charge in [-0.05, 0) is 37.1 Å². The second kappa shape index (κ2) is 8.52. The van der Waals surface area contributed by atoms with Gasteiger partial charge in [0.05, 0.1) is 12.3 Å². The molecule has 1 aliphatic rings. The van der Waals surface area contributed by atoms with Gasteiger partial charge in [-0.2, -0.15) is 8.78 Å². The summed E-state index contributed by atoms with van der Waals surface area (Å²) in [4.78, 5) is 37.8. The molecule has 1 aliphatic heterocycles. The highest BCUT2D eigenvalue weighted by atomic mass is 19.3. The summed E-state index contributed by atoms with van der Waals surface area (Å²) < 4.78 is 37.2. The molecule has 2 aromatic rings. The molecule has 0 saturated carbocycles. The monoisotopic (exact) mass is 421 g/mol. The molecule has 8 nitrogen and oxygen atoms in total. The van der Waals surface area contributed by atoms with Gasteiger partial charge in [0.1, 0.15) is 11.4 Å². The topological polar surface area (TPSA) is 91.6 Å². The zero-order valence-corrected chi connectivity index (χ0v) is 16.7. The first-order chi connectivity index (χ1) is 14.3. The maximum Gasteiger partial charge on any atom is 0.387 e. The van der Waals surface area contributed by atoms with Crippen LogP contribution in [0.15, 0.2) is 33.5 Å². The van der Waals surface area contributed by atoms with Crippen LogP contribution in [0, 0.1) is 0 Å². The molecule has 0 atom stereocenters. The van der Waals surface area contributed by atoms with Crippen molar-refractivity contribution < 1.29 is 23.0 Å². The Hall–Kier alpha value is -3.43. The van der Waals surface area contributed by atoms with Gasteiger partial charge in [0.15, 0.2) is 11.5 Å². The SMILES string of the molecule is CCCn1c2c(c(=O)n(C)c1=O)C(=O)/C(=C/c1ccc(OC(F)F)c(OCC)c1)N2. The molecular formula is C20H21F2N3O5. The highest BCUT2D eigenvalue weighted by Crippen LogP contribution is 2.32. The number of halogens is 2. The number of rotatable bonds is 7. The predicted molar refractivity (Wildman–Crippen MR) is 106 cm³/mol. The van der Waals surface area contributed by atoms with E-state index in [1.807, 2.05) is 6.92 Å². The van der Waals surface area contributed by atoms with Gasteiger partial charge in [0, 0.05) is 13.6 Å². The third-order valence-corrected chi connectivity index (χ3v) is 4.51. The van der Waals surface area contributed by atoms with Crippen molar-refractivity contribution in [2.75, 3.05) is 11.9 Å². The number of aromatic nitrogens is 2. The molecule has 2 heterocycles. The molecule has 0 amide bonds. The maximum atomic E-state index is 12.9. The Kier molecular flexibility index (Phi) is 6.04. The number of hydrogen-bond donors (Lipinski definition) is 1. The van der Waals surface area contributed by atoms with Crippen LogP contribution >= 0.6 is 0 Å². The molecule has 160 valence electrons. The van der Waals surface area contributed by atoms with Crippen LogP contribution in [0.25, 0.3) is 6.08 Å². The maximum absolute atomic E-state index is 12.9. The van der Waals surface area contributed by atoms with Gasteiger partial charge in [-0.15, -0.1) is 0 Å². The number of anilines is 1. The number of Topliss-reactive ketones (excluding diaryl/α,β-unsaturated/α-hetero) is 1. The molecule has 10 heteroatoms. The zero-order chi connectivity index (χ0) is 22.0. The molecular weight excluding hydrogens is 400 g/mol. The Morgan fingerprint density at radius 3 is 2.53 bits per heavy atom. The van der Waals surface area contributed by atoms with Gasteiger partial charge < -0.3 is 14.8 Å². The Morgan fingerprint density at radius 2 is 1.90 bits per heavy atom. The van der Waals surface area contributed by atoms with Crippen LogP contribution < -0.4 is 26.0 Å². The predicted octanol–water partition coefficient (Wildman–Crippen LogP) is 2.61. The van der Waals surface area contributed by atoms with Crippen LogP contribution in [0.1, 0.15) is 36.2 Å². The molecule has 1 aromatic heterocycles. The van der Waals surface area contributed by atoms with Crippen molar-refractivity contribution in [2.24, 2.45) is 7.05 Å². The molecule has 3 rings (SSSR count). The fourth-order valence-corrected chi connectivity index (χ4v) is 3.20. The van der Waals surface area contributed by atoms with Crippen LogP contribution in [-0.2, 0) is 13.6 Å². The summed E-state index contributed by atoms with van der Waals surface area (Å²) in [5.41, 5.74) is -0.764. The largest absolute Gasteiger partial charge is 0.490 e. The van der Waals surface area contributed by atoms with E-state index in [2.05, 4.69) is 10.1 Å². The minimum atomic E-state index is -3.01. The lowest BCUT2D eigenvalue weighted by molar-refractivity contribution is -0.0514. The van der Waals surface area contributed by atoms with E-state index >= 15 is 0 Å². The molecule has 0 unspecified atom stereocenters. The van der Waals surface area contributed by atoms with Crippen LogP contribution in [0.4, 0.5) is 14.6 Å². The number of nitrogens with one attached hydrogen (secondary N) is 1. The lowest BCUT2D eigenvalue weighted by Crippen LogP contribution is -2.40. The first-order valence-corrected chi connectivity index (χ1v) is 9.37. The van der Waals surface area contributed by atoms with Crippen molar-refractivity contribution in [1.82, 2.24) is 9.13 Å². The summed E-state index contributed by atoms with van der Waals surface area (Å²) in [6.45, 7) is 1.11. The Morgan fingerprint density at radius 1 is 1.17 bits per heavy atom. The number of allylic oxidation sites excluding steroid dienone is 1. The minimum Gasteiger partial charge on any atom is -0.490 e. The highest BCUT2D eigenvalue weighted by molar-refractivity contribution is 6.19. The fourth-order valence-electron chi connectivity index (χ4n) is 3.20. The second-order valence-electron chi connectivity index (χ2n) is 6.55. The quantitative estimate of drug-likeness (QED) is 0.691. The number of alkyl halides is 2. The summed E-state index contributed by atoms with van der Waals surface area (Å²) >= 11 is 0. The van der Waals surface area contributed by atoms with E-state index in [1.165, 1.54) is 35.9 Å². The summed E-state index contributed by atoms with van der Waals surface area (Å²) in [5, 5.41) is 2.86. The number of carbonyl (C=O) groups is 1. The van der Waals surface area contributed by atoms with Crippen molar-refractivity contribution in [3.8, 4) is 11.5 Å². The van der Waals surface area contributed by atoms with E-state index in [0.717, 1.165) is 4.57 Å². The number of fused-ring (bicyclic) bond motifs is 1. The summed E-state index contributed by atoms with van der Waals surface area (Å²) in [6, 6.07) is 4.23. The molecule has 1 N–H and O–H groups in total. The Labute approximate surface area is 170 Å². The number of carbonyl (C=O) groups excluding carboxylic acids is 1. The van der Waals surface area contributed by atoms with E-state index in [1.54, 1.807) is 6.92 Å². The average Bonchev–Trinajstić information content (AvgIpc) is 3.01. The van der Waals surface area contributed by atoms with Crippen LogP contribution in [0.2, 0.25) is 0 Å². The molecule has 30 heavy (non-hydrogen) atoms. The molecule has 0 radical (unpaired) electrons. The lowest BCUT2D eigenvalue weighted by atomic mass is 10.1. The van der Waals surface area contributed by atoms with E-state index < -0.39 is 23.6 Å². The fraction of sp³-hybridized carbons (Fsp3) is 0.350. The van der Waals surface area contributed by atoms with Gasteiger partial charge in [-0.25, -0.2) is 4.79 Å². The van der Waals surface area contributed by atoms with Crippen molar-refractivity contribution in [3.63, 3.8) is 0 Å². The number of ether oxygens (including phenoxy) is 2. The number of hydrogen-bond acceptors (Lipinski definition) is 6. The standard InChI is InChI=1S/C20H21F2N3O5/c1-4-8-25-17-15(18(27)24(3)20(25)28)16(26)12(23-17)9-11-6-7-13(30-19(21)22)14(10-11)29-5-2/h6-7,9-10,19,23H,4-5,8H2,1-3H3/b12-9-. The first kappa shape index (κ1) is 21.3. The van der Waals surface area contributed by atoms with Gasteiger partial charge >= 0.3 is 12.3 Å². The molecule has 0 bridgehead atoms. The van der Waals surface area contributed by atoms with Crippen LogP contribution in [0.3, 0.4) is 0 Å². The van der Waals surface area contributed by atoms with Crippen molar-refractivity contribution in [3.05, 3.63) is 55.9 Å². The number of nitrogens with zero attached hydrogens (tertiary/aromatic N) is 2.